The van der Waals surface area contributed by atoms with E-state index in [9.17, 15) is 14.0 Å². The first-order valence-corrected chi connectivity index (χ1v) is 13.1. The molecule has 200 valence electrons. The van der Waals surface area contributed by atoms with Gasteiger partial charge < -0.3 is 19.7 Å². The molecule has 0 radical (unpaired) electrons. The van der Waals surface area contributed by atoms with Gasteiger partial charge in [-0.25, -0.2) is 23.5 Å². The molecule has 4 aromatic rings. The number of nitrogens with one attached hydrogen (secondary N) is 1. The van der Waals surface area contributed by atoms with Crippen molar-refractivity contribution >= 4 is 39.8 Å². The van der Waals surface area contributed by atoms with Crippen molar-refractivity contribution < 1.29 is 18.4 Å². The number of carbonyl (C=O) groups is 2. The van der Waals surface area contributed by atoms with Crippen molar-refractivity contribution in [2.45, 2.75) is 38.5 Å². The lowest BCUT2D eigenvalue weighted by Crippen LogP contribution is -2.49. The minimum atomic E-state index is -1.25. The normalized spacial score (nSPS) is 19.2. The highest BCUT2D eigenvalue weighted by atomic mass is 19.1. The highest BCUT2D eigenvalue weighted by molar-refractivity contribution is 6.32. The molecule has 0 atom stereocenters. The fourth-order valence-electron chi connectivity index (χ4n) is 6.03. The number of aromatic nitrogens is 4. The first-order valence-electron chi connectivity index (χ1n) is 13.1. The largest absolute Gasteiger partial charge is 0.376 e. The molecule has 0 aliphatic carbocycles. The van der Waals surface area contributed by atoms with E-state index in [-0.39, 0.29) is 24.9 Å². The van der Waals surface area contributed by atoms with Crippen molar-refractivity contribution in [3.63, 3.8) is 0 Å². The van der Waals surface area contributed by atoms with E-state index in [4.69, 9.17) is 0 Å². The molecule has 0 bridgehead atoms. The van der Waals surface area contributed by atoms with Crippen molar-refractivity contribution in [3.05, 3.63) is 65.6 Å². The van der Waals surface area contributed by atoms with Crippen molar-refractivity contribution in [1.82, 2.24) is 34.1 Å². The second kappa shape index (κ2) is 8.62. The molecular formula is C28H27F2N7O2. The maximum absolute atomic E-state index is 15.1. The van der Waals surface area contributed by atoms with Gasteiger partial charge in [0, 0.05) is 62.3 Å². The van der Waals surface area contributed by atoms with Crippen molar-refractivity contribution in [2.75, 3.05) is 26.2 Å². The number of amides is 2. The van der Waals surface area contributed by atoms with Gasteiger partial charge in [0.25, 0.3) is 0 Å². The number of nitrogens with zero attached hydrogens (tertiary/aromatic N) is 6. The smallest absolute Gasteiger partial charge is 0.320 e. The van der Waals surface area contributed by atoms with Crippen LogP contribution in [0.1, 0.15) is 36.6 Å². The SMILES string of the molecule is CC1(F)CCN(C(=O)N2CCn3cc(C4=C(c5cnc6ncccn56)C(=O)CN4)c4cc(F)cc(c43)C2)CC1. The number of hydrogen-bond acceptors (Lipinski definition) is 5. The van der Waals surface area contributed by atoms with Crippen LogP contribution in [0.5, 0.6) is 0 Å². The quantitative estimate of drug-likeness (QED) is 0.427. The van der Waals surface area contributed by atoms with Crippen LogP contribution in [0.2, 0.25) is 0 Å². The van der Waals surface area contributed by atoms with Crippen LogP contribution in [0.3, 0.4) is 0 Å². The van der Waals surface area contributed by atoms with Crippen LogP contribution < -0.4 is 5.32 Å². The minimum Gasteiger partial charge on any atom is -0.376 e. The van der Waals surface area contributed by atoms with E-state index in [0.29, 0.717) is 72.7 Å². The number of piperidine rings is 1. The second-order valence-corrected chi connectivity index (χ2v) is 10.8. The zero-order chi connectivity index (χ0) is 26.9. The monoisotopic (exact) mass is 531 g/mol. The number of alkyl halides is 1. The van der Waals surface area contributed by atoms with Crippen LogP contribution in [0.25, 0.3) is 28.0 Å². The van der Waals surface area contributed by atoms with Gasteiger partial charge in [-0.1, -0.05) is 0 Å². The van der Waals surface area contributed by atoms with Gasteiger partial charge >= 0.3 is 6.03 Å². The molecule has 3 aliphatic rings. The molecule has 0 saturated carbocycles. The third-order valence-electron chi connectivity index (χ3n) is 8.10. The van der Waals surface area contributed by atoms with Gasteiger partial charge in [-0.05, 0) is 43.5 Å². The van der Waals surface area contributed by atoms with E-state index in [2.05, 4.69) is 15.3 Å². The maximum atomic E-state index is 15.1. The number of rotatable bonds is 2. The third kappa shape index (κ3) is 3.86. The molecule has 3 aliphatic heterocycles. The van der Waals surface area contributed by atoms with E-state index < -0.39 is 11.5 Å². The number of Topliss-reactive ketones (excluding diaryl/α,β-unsaturated/α-hetero) is 1. The summed E-state index contributed by atoms with van der Waals surface area (Å²) in [7, 11) is 0. The van der Waals surface area contributed by atoms with Gasteiger partial charge in [-0.15, -0.1) is 0 Å². The van der Waals surface area contributed by atoms with Crippen LogP contribution >= 0.6 is 0 Å². The lowest BCUT2D eigenvalue weighted by Gasteiger charge is -2.37. The van der Waals surface area contributed by atoms with E-state index in [1.54, 1.807) is 39.6 Å². The Kier molecular flexibility index (Phi) is 5.26. The number of hydrogen-bond donors (Lipinski definition) is 1. The molecule has 1 aromatic carbocycles. The van der Waals surface area contributed by atoms with E-state index in [0.717, 1.165) is 11.1 Å². The van der Waals surface area contributed by atoms with Crippen molar-refractivity contribution in [3.8, 4) is 0 Å². The Morgan fingerprint density at radius 1 is 1.10 bits per heavy atom. The molecule has 3 aromatic heterocycles. The first-order chi connectivity index (χ1) is 18.8. The molecular weight excluding hydrogens is 504 g/mol. The minimum absolute atomic E-state index is 0.0806. The van der Waals surface area contributed by atoms with Crippen LogP contribution in [0, 0.1) is 5.82 Å². The van der Waals surface area contributed by atoms with Crippen LogP contribution in [-0.4, -0.2) is 72.4 Å². The Morgan fingerprint density at radius 2 is 1.92 bits per heavy atom. The van der Waals surface area contributed by atoms with Gasteiger partial charge in [-0.2, -0.15) is 0 Å². The highest BCUT2D eigenvalue weighted by Gasteiger charge is 2.35. The Balaban J connectivity index is 1.29. The van der Waals surface area contributed by atoms with Crippen molar-refractivity contribution in [1.29, 1.82) is 0 Å². The number of urea groups is 1. The van der Waals surface area contributed by atoms with Crippen LogP contribution in [0.4, 0.5) is 13.6 Å². The summed E-state index contributed by atoms with van der Waals surface area (Å²) in [5.41, 5.74) is 2.74. The summed E-state index contributed by atoms with van der Waals surface area (Å²) >= 11 is 0. The summed E-state index contributed by atoms with van der Waals surface area (Å²) in [6, 6.07) is 4.59. The average Bonchev–Trinajstić information content (AvgIpc) is 3.57. The summed E-state index contributed by atoms with van der Waals surface area (Å²) in [6.45, 7) is 3.62. The van der Waals surface area contributed by atoms with E-state index in [1.165, 1.54) is 12.1 Å². The Hall–Kier alpha value is -4.28. The molecule has 9 nitrogen and oxygen atoms in total. The summed E-state index contributed by atoms with van der Waals surface area (Å²) in [4.78, 5) is 38.4. The number of likely N-dealkylation sites (tertiary alicyclic amines) is 1. The second-order valence-electron chi connectivity index (χ2n) is 10.8. The van der Waals surface area contributed by atoms with Crippen molar-refractivity contribution in [2.24, 2.45) is 0 Å². The maximum Gasteiger partial charge on any atom is 0.320 e. The standard InChI is InChI=1S/C28H27F2N7O2/c1-28(30)3-7-34(8-4-28)27(39)36-10-9-35-16-20(19-12-18(29)11-17(15-36)25(19)35)24-23(22(38)14-32-24)21-13-33-26-31-5-2-6-37(21)26/h2,5-6,11-13,16,32H,3-4,7-10,14-15H2,1H3. The molecule has 1 saturated heterocycles. The zero-order valence-corrected chi connectivity index (χ0v) is 21.5. The van der Waals surface area contributed by atoms with E-state index in [1.807, 2.05) is 17.0 Å². The van der Waals surface area contributed by atoms with Gasteiger partial charge in [0.05, 0.1) is 35.2 Å². The molecule has 0 spiro atoms. The number of halogens is 2. The van der Waals surface area contributed by atoms with Gasteiger partial charge in [0.1, 0.15) is 11.5 Å². The fraction of sp³-hybridized carbons (Fsp3) is 0.357. The number of carbonyl (C=O) groups excluding carboxylic acids is 2. The lowest BCUT2D eigenvalue weighted by atomic mass is 9.96. The predicted octanol–water partition coefficient (Wildman–Crippen LogP) is 3.62. The molecule has 0 unspecified atom stereocenters. The number of imidazole rings is 1. The first kappa shape index (κ1) is 23.8. The topological polar surface area (TPSA) is 87.8 Å². The molecule has 11 heteroatoms. The molecule has 1 N–H and O–H groups in total. The van der Waals surface area contributed by atoms with Gasteiger partial charge in [-0.3, -0.25) is 9.20 Å². The van der Waals surface area contributed by atoms with Crippen LogP contribution in [0.15, 0.2) is 43.0 Å². The van der Waals surface area contributed by atoms with E-state index >= 15 is 4.39 Å². The molecule has 1 fully saturated rings. The van der Waals surface area contributed by atoms with Gasteiger partial charge in [0.2, 0.25) is 5.78 Å². The lowest BCUT2D eigenvalue weighted by molar-refractivity contribution is -0.112. The summed E-state index contributed by atoms with van der Waals surface area (Å²) in [5, 5.41) is 3.91. The zero-order valence-electron chi connectivity index (χ0n) is 21.5. The van der Waals surface area contributed by atoms with Gasteiger partial charge in [0.15, 0.2) is 5.78 Å². The summed E-state index contributed by atoms with van der Waals surface area (Å²) < 4.78 is 33.2. The number of fused-ring (bicyclic) bond motifs is 1. The summed E-state index contributed by atoms with van der Waals surface area (Å²) in [6.07, 6.45) is 7.63. The molecule has 6 heterocycles. The molecule has 7 rings (SSSR count). The number of benzene rings is 1. The fourth-order valence-corrected chi connectivity index (χ4v) is 6.03. The predicted molar refractivity (Wildman–Crippen MR) is 141 cm³/mol. The highest BCUT2D eigenvalue weighted by Crippen LogP contribution is 2.37. The Bertz CT molecular complexity index is 1690. The molecule has 2 amide bonds. The summed E-state index contributed by atoms with van der Waals surface area (Å²) in [5.74, 6) is -0.00999. The Morgan fingerprint density at radius 3 is 2.74 bits per heavy atom. The van der Waals surface area contributed by atoms with Crippen LogP contribution in [-0.2, 0) is 17.9 Å². The molecule has 39 heavy (non-hydrogen) atoms. The average molecular weight is 532 g/mol. The number of ketones is 1. The third-order valence-corrected chi connectivity index (χ3v) is 8.10. The Labute approximate surface area is 222 Å².